The Balaban J connectivity index is 0.00000324. The van der Waals surface area contributed by atoms with Gasteiger partial charge in [-0.2, -0.15) is 0 Å². The molecule has 34 heavy (non-hydrogen) atoms. The van der Waals surface area contributed by atoms with E-state index in [1.54, 1.807) is 14.0 Å². The van der Waals surface area contributed by atoms with E-state index in [2.05, 4.69) is 10.3 Å². The molecule has 182 valence electrons. The Morgan fingerprint density at radius 2 is 2.00 bits per heavy atom. The molecule has 1 unspecified atom stereocenters. The first-order valence-electron chi connectivity index (χ1n) is 10.7. The maximum absolute atomic E-state index is 13.9. The number of ether oxygens (including phenoxy) is 2. The second-order valence-corrected chi connectivity index (χ2v) is 9.09. The van der Waals surface area contributed by atoms with Crippen LogP contribution in [0.15, 0.2) is 36.4 Å². The molecule has 0 spiro atoms. The number of nitrogens with two attached hydrogens (primary N) is 1. The van der Waals surface area contributed by atoms with Crippen LogP contribution in [0.2, 0.25) is 0 Å². The Morgan fingerprint density at radius 1 is 1.24 bits per heavy atom. The van der Waals surface area contributed by atoms with Crippen molar-refractivity contribution in [3.63, 3.8) is 0 Å². The van der Waals surface area contributed by atoms with Crippen LogP contribution in [0.1, 0.15) is 46.7 Å². The average Bonchev–Trinajstić information content (AvgIpc) is 3.51. The zero-order valence-electron chi connectivity index (χ0n) is 18.8. The molecule has 1 fully saturated rings. The Morgan fingerprint density at radius 3 is 2.65 bits per heavy atom. The minimum absolute atomic E-state index is 0. The summed E-state index contributed by atoms with van der Waals surface area (Å²) in [6.07, 6.45) is 2.35. The monoisotopic (exact) mass is 509 g/mol. The fourth-order valence-electron chi connectivity index (χ4n) is 3.27. The number of nitrogens with one attached hydrogen (secondary N) is 1. The van der Waals surface area contributed by atoms with Crippen LogP contribution in [-0.2, 0) is 6.54 Å². The number of hydrogen-bond acceptors (Lipinski definition) is 6. The van der Waals surface area contributed by atoms with Crippen LogP contribution in [0, 0.1) is 17.6 Å². The van der Waals surface area contributed by atoms with Crippen molar-refractivity contribution in [2.24, 2.45) is 11.7 Å². The predicted octanol–water partition coefficient (Wildman–Crippen LogP) is 5.26. The summed E-state index contributed by atoms with van der Waals surface area (Å²) in [6.45, 7) is 2.31. The van der Waals surface area contributed by atoms with Crippen molar-refractivity contribution in [3.05, 3.63) is 64.2 Å². The Kier molecular flexibility index (Phi) is 8.46. The third-order valence-corrected chi connectivity index (χ3v) is 6.62. The lowest BCUT2D eigenvalue weighted by molar-refractivity contribution is 0.0945. The molecule has 1 atom stereocenters. The molecule has 1 aliphatic carbocycles. The van der Waals surface area contributed by atoms with Gasteiger partial charge >= 0.3 is 0 Å². The number of rotatable bonds is 9. The molecule has 3 aromatic rings. The lowest BCUT2D eigenvalue weighted by atomic mass is 10.2. The topological polar surface area (TPSA) is 86.5 Å². The number of nitrogens with zero attached hydrogens (tertiary/aromatic N) is 1. The molecule has 1 heterocycles. The molecule has 0 bridgehead atoms. The summed E-state index contributed by atoms with van der Waals surface area (Å²) in [4.78, 5) is 18.0. The molecule has 1 amide bonds. The van der Waals surface area contributed by atoms with Gasteiger partial charge in [-0.1, -0.05) is 6.07 Å². The third kappa shape index (κ3) is 6.02. The summed E-state index contributed by atoms with van der Waals surface area (Å²) < 4.78 is 38.4. The summed E-state index contributed by atoms with van der Waals surface area (Å²) in [5.74, 6) is -0.0409. The first-order chi connectivity index (χ1) is 15.9. The van der Waals surface area contributed by atoms with Crippen molar-refractivity contribution in [2.75, 3.05) is 13.7 Å². The van der Waals surface area contributed by atoms with Crippen LogP contribution in [0.4, 0.5) is 8.78 Å². The molecule has 0 saturated heterocycles. The van der Waals surface area contributed by atoms with Gasteiger partial charge < -0.3 is 20.5 Å². The normalized spacial score (nSPS) is 13.7. The Hall–Kier alpha value is -2.75. The van der Waals surface area contributed by atoms with Crippen molar-refractivity contribution in [1.29, 1.82) is 0 Å². The van der Waals surface area contributed by atoms with E-state index in [0.29, 0.717) is 33.9 Å². The SMILES string of the molecule is COc1ccc(-c2nc(C(=O)NCc3ccc(F)cc3F)c(C(C)N)s2)cc1OCC1CC1.Cl. The standard InChI is InChI=1S/C24H25F2N3O3S.ClH/c1-13(27)22-21(23(30)28-11-16-5-7-17(25)10-18(16)26)29-24(33-22)15-6-8-19(31-2)20(9-15)32-12-14-3-4-14;/h5-10,13-14H,3-4,11-12,27H2,1-2H3,(H,28,30);1H. The van der Waals surface area contributed by atoms with Crippen molar-refractivity contribution >= 4 is 29.7 Å². The predicted molar refractivity (Wildman–Crippen MR) is 130 cm³/mol. The van der Waals surface area contributed by atoms with E-state index < -0.39 is 23.6 Å². The molecular formula is C24H26ClF2N3O3S. The summed E-state index contributed by atoms with van der Waals surface area (Å²) in [7, 11) is 1.59. The number of methoxy groups -OCH3 is 1. The molecular weight excluding hydrogens is 484 g/mol. The molecule has 0 radical (unpaired) electrons. The molecule has 1 aliphatic rings. The number of hydrogen-bond donors (Lipinski definition) is 2. The van der Waals surface area contributed by atoms with Crippen LogP contribution in [0.5, 0.6) is 11.5 Å². The van der Waals surface area contributed by atoms with Crippen molar-refractivity contribution in [1.82, 2.24) is 10.3 Å². The summed E-state index contributed by atoms with van der Waals surface area (Å²) in [6, 6.07) is 8.30. The second kappa shape index (κ2) is 11.1. The zero-order chi connectivity index (χ0) is 23.5. The highest BCUT2D eigenvalue weighted by atomic mass is 35.5. The zero-order valence-corrected chi connectivity index (χ0v) is 20.4. The molecule has 4 rings (SSSR count). The number of carbonyl (C=O) groups is 1. The molecule has 6 nitrogen and oxygen atoms in total. The van der Waals surface area contributed by atoms with Gasteiger partial charge in [0.25, 0.3) is 5.91 Å². The Bertz CT molecular complexity index is 1170. The van der Waals surface area contributed by atoms with E-state index in [4.69, 9.17) is 15.2 Å². The molecule has 1 saturated carbocycles. The van der Waals surface area contributed by atoms with Crippen LogP contribution >= 0.6 is 23.7 Å². The number of halogens is 3. The van der Waals surface area contributed by atoms with Gasteiger partial charge in [0.1, 0.15) is 22.3 Å². The quantitative estimate of drug-likeness (QED) is 0.411. The van der Waals surface area contributed by atoms with Crippen LogP contribution in [0.3, 0.4) is 0 Å². The molecule has 3 N–H and O–H groups in total. The number of aromatic nitrogens is 1. The van der Waals surface area contributed by atoms with E-state index in [9.17, 15) is 13.6 Å². The van der Waals surface area contributed by atoms with Gasteiger partial charge in [0.2, 0.25) is 0 Å². The smallest absolute Gasteiger partial charge is 0.271 e. The highest BCUT2D eigenvalue weighted by Gasteiger charge is 2.24. The first kappa shape index (κ1) is 25.9. The maximum Gasteiger partial charge on any atom is 0.271 e. The van der Waals surface area contributed by atoms with E-state index in [1.807, 2.05) is 18.2 Å². The van der Waals surface area contributed by atoms with Gasteiger partial charge in [0, 0.05) is 29.8 Å². The van der Waals surface area contributed by atoms with Gasteiger partial charge in [-0.25, -0.2) is 13.8 Å². The van der Waals surface area contributed by atoms with Crippen LogP contribution in [0.25, 0.3) is 10.6 Å². The Labute approximate surface area is 206 Å². The van der Waals surface area contributed by atoms with Crippen molar-refractivity contribution in [2.45, 2.75) is 32.4 Å². The fourth-order valence-corrected chi connectivity index (χ4v) is 4.28. The second-order valence-electron chi connectivity index (χ2n) is 8.06. The maximum atomic E-state index is 13.9. The largest absolute Gasteiger partial charge is 0.493 e. The lowest BCUT2D eigenvalue weighted by Crippen LogP contribution is -2.25. The van der Waals surface area contributed by atoms with Crippen molar-refractivity contribution in [3.8, 4) is 22.1 Å². The van der Waals surface area contributed by atoms with E-state index >= 15 is 0 Å². The third-order valence-electron chi connectivity index (χ3n) is 5.32. The van der Waals surface area contributed by atoms with E-state index in [0.717, 1.165) is 17.7 Å². The molecule has 10 heteroatoms. The number of benzene rings is 2. The average molecular weight is 510 g/mol. The summed E-state index contributed by atoms with van der Waals surface area (Å²) in [5, 5.41) is 3.26. The molecule has 2 aromatic carbocycles. The van der Waals surface area contributed by atoms with Gasteiger partial charge in [0.05, 0.1) is 18.6 Å². The fraction of sp³-hybridized carbons (Fsp3) is 0.333. The van der Waals surface area contributed by atoms with E-state index in [1.165, 1.54) is 30.2 Å². The minimum Gasteiger partial charge on any atom is -0.493 e. The number of amides is 1. The summed E-state index contributed by atoms with van der Waals surface area (Å²) >= 11 is 1.32. The minimum atomic E-state index is -0.723. The number of carbonyl (C=O) groups excluding carboxylic acids is 1. The van der Waals surface area contributed by atoms with E-state index in [-0.39, 0.29) is 30.2 Å². The van der Waals surface area contributed by atoms with Crippen LogP contribution in [-0.4, -0.2) is 24.6 Å². The van der Waals surface area contributed by atoms with Gasteiger partial charge in [-0.05, 0) is 49.9 Å². The van der Waals surface area contributed by atoms with Gasteiger partial charge in [-0.15, -0.1) is 23.7 Å². The van der Waals surface area contributed by atoms with Gasteiger partial charge in [-0.3, -0.25) is 4.79 Å². The summed E-state index contributed by atoms with van der Waals surface area (Å²) in [5.41, 5.74) is 7.23. The lowest BCUT2D eigenvalue weighted by Gasteiger charge is -2.11. The molecule has 0 aliphatic heterocycles. The van der Waals surface area contributed by atoms with Crippen molar-refractivity contribution < 1.29 is 23.0 Å². The van der Waals surface area contributed by atoms with Crippen LogP contribution < -0.4 is 20.5 Å². The highest BCUT2D eigenvalue weighted by Crippen LogP contribution is 2.38. The number of thiazole rings is 1. The first-order valence-corrected chi connectivity index (χ1v) is 11.5. The highest BCUT2D eigenvalue weighted by molar-refractivity contribution is 7.15. The molecule has 1 aromatic heterocycles. The van der Waals surface area contributed by atoms with Gasteiger partial charge in [0.15, 0.2) is 11.5 Å².